The maximum absolute atomic E-state index is 12.5. The van der Waals surface area contributed by atoms with E-state index in [0.717, 1.165) is 18.5 Å². The lowest BCUT2D eigenvalue weighted by Gasteiger charge is -2.31. The normalized spacial score (nSPS) is 25.4. The first kappa shape index (κ1) is 20.2. The number of benzene rings is 2. The molecule has 2 aliphatic rings. The van der Waals surface area contributed by atoms with Crippen LogP contribution in [0.4, 0.5) is 0 Å². The lowest BCUT2D eigenvalue weighted by Crippen LogP contribution is -2.38. The van der Waals surface area contributed by atoms with Crippen molar-refractivity contribution in [2.45, 2.75) is 57.1 Å². The van der Waals surface area contributed by atoms with E-state index in [1.165, 1.54) is 37.7 Å². The summed E-state index contributed by atoms with van der Waals surface area (Å²) < 4.78 is 6.00. The zero-order valence-corrected chi connectivity index (χ0v) is 17.5. The Hall–Kier alpha value is -2.13. The second kappa shape index (κ2) is 9.58. The topological polar surface area (TPSA) is 29.5 Å². The number of aryl methyl sites for hydroxylation is 1. The molecule has 29 heavy (non-hydrogen) atoms. The van der Waals surface area contributed by atoms with Crippen molar-refractivity contribution in [3.63, 3.8) is 0 Å². The van der Waals surface area contributed by atoms with Crippen LogP contribution in [0.3, 0.4) is 0 Å². The second-order valence-corrected chi connectivity index (χ2v) is 8.84. The number of fused-ring (bicyclic) bond motifs is 2. The van der Waals surface area contributed by atoms with Gasteiger partial charge in [-0.1, -0.05) is 60.7 Å². The van der Waals surface area contributed by atoms with Gasteiger partial charge >= 0.3 is 5.97 Å². The van der Waals surface area contributed by atoms with Gasteiger partial charge in [0, 0.05) is 12.0 Å². The van der Waals surface area contributed by atoms with Crippen LogP contribution < -0.4 is 0 Å². The molecule has 0 aliphatic heterocycles. The Labute approximate surface area is 175 Å². The molecule has 0 heterocycles. The van der Waals surface area contributed by atoms with Crippen LogP contribution in [-0.4, -0.2) is 36.6 Å². The van der Waals surface area contributed by atoms with Crippen molar-refractivity contribution >= 4 is 5.97 Å². The van der Waals surface area contributed by atoms with Gasteiger partial charge in [-0.25, -0.2) is 0 Å². The van der Waals surface area contributed by atoms with E-state index in [4.69, 9.17) is 4.74 Å². The molecule has 4 unspecified atom stereocenters. The van der Waals surface area contributed by atoms with Crippen molar-refractivity contribution in [2.24, 2.45) is 11.8 Å². The molecule has 3 nitrogen and oxygen atoms in total. The zero-order valence-electron chi connectivity index (χ0n) is 17.5. The highest BCUT2D eigenvalue weighted by Crippen LogP contribution is 2.48. The molecule has 0 radical (unpaired) electrons. The van der Waals surface area contributed by atoms with Gasteiger partial charge in [-0.3, -0.25) is 4.79 Å². The van der Waals surface area contributed by atoms with Gasteiger partial charge in [0.05, 0.1) is 6.42 Å². The SMILES string of the molecule is CN(CCCCc1ccccc1)C1CC2CCC1C2OC(=O)Cc1ccccc1. The summed E-state index contributed by atoms with van der Waals surface area (Å²) >= 11 is 0. The molecule has 0 amide bonds. The maximum atomic E-state index is 12.5. The van der Waals surface area contributed by atoms with E-state index in [1.54, 1.807) is 0 Å². The van der Waals surface area contributed by atoms with Crippen molar-refractivity contribution in [1.82, 2.24) is 4.90 Å². The highest BCUT2D eigenvalue weighted by molar-refractivity contribution is 5.72. The smallest absolute Gasteiger partial charge is 0.310 e. The first-order chi connectivity index (χ1) is 14.2. The van der Waals surface area contributed by atoms with E-state index >= 15 is 0 Å². The molecule has 3 heteroatoms. The first-order valence-corrected chi connectivity index (χ1v) is 11.2. The minimum absolute atomic E-state index is 0.0655. The van der Waals surface area contributed by atoms with E-state index in [2.05, 4.69) is 42.3 Å². The summed E-state index contributed by atoms with van der Waals surface area (Å²) in [6.45, 7) is 1.13. The summed E-state index contributed by atoms with van der Waals surface area (Å²) in [5, 5.41) is 0. The number of carbonyl (C=O) groups is 1. The first-order valence-electron chi connectivity index (χ1n) is 11.2. The third-order valence-electron chi connectivity index (χ3n) is 6.89. The molecule has 0 aromatic heterocycles. The molecule has 154 valence electrons. The van der Waals surface area contributed by atoms with Crippen LogP contribution in [0.5, 0.6) is 0 Å². The van der Waals surface area contributed by atoms with Crippen LogP contribution >= 0.6 is 0 Å². The average Bonchev–Trinajstić information content (AvgIpc) is 3.29. The number of carbonyl (C=O) groups excluding carboxylic acids is 1. The molecule has 0 spiro atoms. The lowest BCUT2D eigenvalue weighted by molar-refractivity contribution is -0.150. The van der Waals surface area contributed by atoms with Gasteiger partial charge in [0.15, 0.2) is 0 Å². The quantitative estimate of drug-likeness (QED) is 0.450. The molecule has 2 aromatic rings. The molecular weight excluding hydrogens is 358 g/mol. The Morgan fingerprint density at radius 3 is 2.38 bits per heavy atom. The fourth-order valence-electron chi connectivity index (χ4n) is 5.38. The largest absolute Gasteiger partial charge is 0.461 e. The maximum Gasteiger partial charge on any atom is 0.310 e. The minimum Gasteiger partial charge on any atom is -0.461 e. The molecule has 2 aliphatic carbocycles. The average molecular weight is 392 g/mol. The number of rotatable bonds is 9. The van der Waals surface area contributed by atoms with Crippen molar-refractivity contribution in [2.75, 3.05) is 13.6 Å². The van der Waals surface area contributed by atoms with Crippen LogP contribution in [0.1, 0.15) is 43.2 Å². The molecule has 2 bridgehead atoms. The van der Waals surface area contributed by atoms with Gasteiger partial charge < -0.3 is 9.64 Å². The van der Waals surface area contributed by atoms with Gasteiger partial charge in [0.25, 0.3) is 0 Å². The van der Waals surface area contributed by atoms with Crippen molar-refractivity contribution in [3.05, 3.63) is 71.8 Å². The van der Waals surface area contributed by atoms with Crippen LogP contribution in [0.2, 0.25) is 0 Å². The van der Waals surface area contributed by atoms with Crippen LogP contribution in [0.15, 0.2) is 60.7 Å². The fraction of sp³-hybridized carbons (Fsp3) is 0.500. The van der Waals surface area contributed by atoms with Crippen molar-refractivity contribution in [1.29, 1.82) is 0 Å². The summed E-state index contributed by atoms with van der Waals surface area (Å²) in [7, 11) is 2.26. The van der Waals surface area contributed by atoms with Gasteiger partial charge in [0.2, 0.25) is 0 Å². The fourth-order valence-corrected chi connectivity index (χ4v) is 5.38. The van der Waals surface area contributed by atoms with Gasteiger partial charge in [-0.2, -0.15) is 0 Å². The summed E-state index contributed by atoms with van der Waals surface area (Å²) in [4.78, 5) is 15.0. The van der Waals surface area contributed by atoms with Gasteiger partial charge in [-0.15, -0.1) is 0 Å². The Balaban J connectivity index is 1.23. The number of hydrogen-bond donors (Lipinski definition) is 0. The van der Waals surface area contributed by atoms with E-state index in [1.807, 2.05) is 30.3 Å². The van der Waals surface area contributed by atoms with E-state index in [-0.39, 0.29) is 12.1 Å². The molecule has 2 aromatic carbocycles. The Bertz CT molecular complexity index is 776. The number of hydrogen-bond acceptors (Lipinski definition) is 3. The highest BCUT2D eigenvalue weighted by atomic mass is 16.5. The van der Waals surface area contributed by atoms with Crippen molar-refractivity contribution < 1.29 is 9.53 Å². The standard InChI is InChI=1S/C26H33NO2/c1-27(17-9-8-12-20-10-4-2-5-11-20)24-19-22-15-16-23(24)26(22)29-25(28)18-21-13-6-3-7-14-21/h2-7,10-11,13-14,22-24,26H,8-9,12,15-19H2,1H3. The summed E-state index contributed by atoms with van der Waals surface area (Å²) in [5.74, 6) is 1.000. The van der Waals surface area contributed by atoms with Crippen LogP contribution in [-0.2, 0) is 22.4 Å². The third kappa shape index (κ3) is 5.08. The van der Waals surface area contributed by atoms with E-state index < -0.39 is 0 Å². The lowest BCUT2D eigenvalue weighted by atomic mass is 9.94. The highest BCUT2D eigenvalue weighted by Gasteiger charge is 2.51. The predicted molar refractivity (Wildman–Crippen MR) is 117 cm³/mol. The molecule has 0 N–H and O–H groups in total. The van der Waals surface area contributed by atoms with Crippen LogP contribution in [0, 0.1) is 11.8 Å². The number of esters is 1. The number of unbranched alkanes of at least 4 members (excludes halogenated alkanes) is 1. The number of nitrogens with zero attached hydrogens (tertiary/aromatic N) is 1. The van der Waals surface area contributed by atoms with Crippen LogP contribution in [0.25, 0.3) is 0 Å². The Kier molecular flexibility index (Phi) is 6.66. The van der Waals surface area contributed by atoms with Gasteiger partial charge in [-0.05, 0) is 69.2 Å². The predicted octanol–water partition coefficient (Wildman–Crippen LogP) is 4.89. The second-order valence-electron chi connectivity index (χ2n) is 8.84. The van der Waals surface area contributed by atoms with Crippen molar-refractivity contribution in [3.8, 4) is 0 Å². The van der Waals surface area contributed by atoms with Gasteiger partial charge in [0.1, 0.15) is 6.10 Å². The zero-order chi connectivity index (χ0) is 20.1. The van der Waals surface area contributed by atoms with E-state index in [9.17, 15) is 4.79 Å². The molecule has 2 fully saturated rings. The Morgan fingerprint density at radius 2 is 1.66 bits per heavy atom. The third-order valence-corrected chi connectivity index (χ3v) is 6.89. The molecular formula is C26H33NO2. The minimum atomic E-state index is -0.0655. The molecule has 4 rings (SSSR count). The molecule has 0 saturated heterocycles. The monoisotopic (exact) mass is 391 g/mol. The summed E-state index contributed by atoms with van der Waals surface area (Å²) in [6, 6.07) is 21.2. The molecule has 4 atom stereocenters. The van der Waals surface area contributed by atoms with E-state index in [0.29, 0.717) is 24.3 Å². The summed E-state index contributed by atoms with van der Waals surface area (Å²) in [5.41, 5.74) is 2.47. The Morgan fingerprint density at radius 1 is 0.966 bits per heavy atom. The molecule has 2 saturated carbocycles. The summed E-state index contributed by atoms with van der Waals surface area (Å²) in [6.07, 6.45) is 7.72. The number of ether oxygens (including phenoxy) is 1.